The van der Waals surface area contributed by atoms with Crippen LogP contribution in [0, 0.1) is 0 Å². The van der Waals surface area contributed by atoms with Gasteiger partial charge < -0.3 is 4.98 Å². The van der Waals surface area contributed by atoms with E-state index in [2.05, 4.69) is 15.8 Å². The van der Waals surface area contributed by atoms with Crippen molar-refractivity contribution >= 4 is 20.9 Å². The third-order valence-corrected chi connectivity index (χ3v) is 5.45. The van der Waals surface area contributed by atoms with E-state index in [0.717, 1.165) is 22.0 Å². The van der Waals surface area contributed by atoms with E-state index >= 15 is 0 Å². The van der Waals surface area contributed by atoms with Gasteiger partial charge in [-0.15, -0.1) is 0 Å². The van der Waals surface area contributed by atoms with E-state index in [0.29, 0.717) is 6.54 Å². The molecule has 0 unspecified atom stereocenters. The summed E-state index contributed by atoms with van der Waals surface area (Å²) in [5, 5.41) is 1.12. The Morgan fingerprint density at radius 2 is 1.74 bits per heavy atom. The summed E-state index contributed by atoms with van der Waals surface area (Å²) in [6.45, 7) is 1.99. The first-order chi connectivity index (χ1) is 11.1. The Bertz CT molecular complexity index is 886. The van der Waals surface area contributed by atoms with E-state index in [1.807, 2.05) is 54.7 Å². The molecule has 4 nitrogen and oxygen atoms in total. The topological polar surface area (TPSA) is 62.0 Å². The van der Waals surface area contributed by atoms with E-state index in [1.54, 1.807) is 6.92 Å². The average Bonchev–Trinajstić information content (AvgIpc) is 3.00. The molecule has 120 valence electrons. The Balaban J connectivity index is 2.02. The second kappa shape index (κ2) is 6.56. The predicted octanol–water partition coefficient (Wildman–Crippen LogP) is 3.24. The minimum Gasteiger partial charge on any atom is -0.361 e. The van der Waals surface area contributed by atoms with Crippen molar-refractivity contribution in [3.05, 3.63) is 71.9 Å². The molecular weight excluding hydrogens is 308 g/mol. The number of hydrogen-bond acceptors (Lipinski definition) is 2. The molecular formula is C18H20N2O2S. The highest BCUT2D eigenvalue weighted by atomic mass is 32.2. The Morgan fingerprint density at radius 3 is 2.48 bits per heavy atom. The zero-order valence-electron chi connectivity index (χ0n) is 13.0. The molecule has 2 N–H and O–H groups in total. The summed E-state index contributed by atoms with van der Waals surface area (Å²) in [6.07, 6.45) is 1.97. The number of aromatic nitrogens is 1. The number of benzene rings is 2. The molecule has 0 amide bonds. The molecule has 0 radical (unpaired) electrons. The minimum atomic E-state index is -3.23. The fourth-order valence-corrected chi connectivity index (χ4v) is 3.41. The number of rotatable bonds is 6. The van der Waals surface area contributed by atoms with Gasteiger partial charge in [0.05, 0.1) is 5.75 Å². The summed E-state index contributed by atoms with van der Waals surface area (Å²) >= 11 is 0. The van der Waals surface area contributed by atoms with Crippen molar-refractivity contribution in [1.29, 1.82) is 0 Å². The molecule has 1 aromatic heterocycles. The lowest BCUT2D eigenvalue weighted by Gasteiger charge is -2.18. The summed E-state index contributed by atoms with van der Waals surface area (Å²) in [5.41, 5.74) is 3.25. The summed E-state index contributed by atoms with van der Waals surface area (Å²) in [4.78, 5) is 3.27. The number of H-pyrrole nitrogens is 1. The maximum atomic E-state index is 11.8. The van der Waals surface area contributed by atoms with Gasteiger partial charge in [-0.25, -0.2) is 13.1 Å². The maximum absolute atomic E-state index is 11.8. The molecule has 1 heterocycles. The summed E-state index contributed by atoms with van der Waals surface area (Å²) in [5.74, 6) is 0.0521. The molecule has 0 aliphatic rings. The number of para-hydroxylation sites is 1. The molecule has 3 aromatic rings. The standard InChI is InChI=1S/C18H20N2O2S/c1-2-23(21,22)20-13-16(14-8-4-3-5-9-14)17-12-19-18-11-7-6-10-15(17)18/h3-12,16,19-20H,2,13H2,1H3/t16-/m1/s1. The van der Waals surface area contributed by atoms with Gasteiger partial charge in [-0.3, -0.25) is 0 Å². The van der Waals surface area contributed by atoms with Gasteiger partial charge in [0, 0.05) is 29.6 Å². The second-order valence-electron chi connectivity index (χ2n) is 5.50. The smallest absolute Gasteiger partial charge is 0.211 e. The van der Waals surface area contributed by atoms with Gasteiger partial charge >= 0.3 is 0 Å². The Hall–Kier alpha value is -2.11. The third kappa shape index (κ3) is 3.46. The van der Waals surface area contributed by atoms with Crippen LogP contribution in [0.2, 0.25) is 0 Å². The first-order valence-corrected chi connectivity index (χ1v) is 9.34. The Labute approximate surface area is 136 Å². The van der Waals surface area contributed by atoms with Crippen LogP contribution in [0.3, 0.4) is 0 Å². The van der Waals surface area contributed by atoms with Crippen molar-refractivity contribution in [2.24, 2.45) is 0 Å². The number of hydrogen-bond donors (Lipinski definition) is 2. The Kier molecular flexibility index (Phi) is 4.50. The maximum Gasteiger partial charge on any atom is 0.211 e. The number of nitrogens with one attached hydrogen (secondary N) is 2. The zero-order valence-corrected chi connectivity index (χ0v) is 13.8. The highest BCUT2D eigenvalue weighted by Crippen LogP contribution is 2.30. The highest BCUT2D eigenvalue weighted by Gasteiger charge is 2.20. The fourth-order valence-electron chi connectivity index (χ4n) is 2.79. The van der Waals surface area contributed by atoms with Crippen molar-refractivity contribution in [2.45, 2.75) is 12.8 Å². The molecule has 0 saturated carbocycles. The first kappa shape index (κ1) is 15.8. The first-order valence-electron chi connectivity index (χ1n) is 7.69. The predicted molar refractivity (Wildman–Crippen MR) is 94.0 cm³/mol. The Morgan fingerprint density at radius 1 is 1.04 bits per heavy atom. The van der Waals surface area contributed by atoms with Crippen molar-refractivity contribution in [3.8, 4) is 0 Å². The van der Waals surface area contributed by atoms with Crippen LogP contribution in [-0.2, 0) is 10.0 Å². The van der Waals surface area contributed by atoms with Gasteiger partial charge in [-0.1, -0.05) is 48.5 Å². The highest BCUT2D eigenvalue weighted by molar-refractivity contribution is 7.89. The number of sulfonamides is 1. The molecule has 0 bridgehead atoms. The molecule has 23 heavy (non-hydrogen) atoms. The van der Waals surface area contributed by atoms with Crippen LogP contribution in [0.4, 0.5) is 0 Å². The van der Waals surface area contributed by atoms with Crippen LogP contribution >= 0.6 is 0 Å². The van der Waals surface area contributed by atoms with Crippen molar-refractivity contribution in [1.82, 2.24) is 9.71 Å². The average molecular weight is 328 g/mol. The largest absolute Gasteiger partial charge is 0.361 e. The van der Waals surface area contributed by atoms with E-state index in [1.165, 1.54) is 0 Å². The van der Waals surface area contributed by atoms with Crippen molar-refractivity contribution in [2.75, 3.05) is 12.3 Å². The van der Waals surface area contributed by atoms with Crippen LogP contribution in [0.1, 0.15) is 24.0 Å². The van der Waals surface area contributed by atoms with Gasteiger partial charge in [-0.05, 0) is 24.1 Å². The summed E-state index contributed by atoms with van der Waals surface area (Å²) in [7, 11) is -3.23. The molecule has 5 heteroatoms. The minimum absolute atomic E-state index is 0.0336. The molecule has 1 atom stereocenters. The molecule has 0 saturated heterocycles. The molecule has 0 aliphatic heterocycles. The summed E-state index contributed by atoms with van der Waals surface area (Å²) in [6, 6.07) is 18.1. The van der Waals surface area contributed by atoms with Gasteiger partial charge in [0.25, 0.3) is 0 Å². The van der Waals surface area contributed by atoms with E-state index in [4.69, 9.17) is 0 Å². The number of fused-ring (bicyclic) bond motifs is 1. The van der Waals surface area contributed by atoms with Gasteiger partial charge in [0.2, 0.25) is 10.0 Å². The van der Waals surface area contributed by atoms with Crippen molar-refractivity contribution < 1.29 is 8.42 Å². The van der Waals surface area contributed by atoms with Crippen LogP contribution < -0.4 is 4.72 Å². The SMILES string of the molecule is CCS(=O)(=O)NC[C@H](c1ccccc1)c1c[nH]c2ccccc12. The van der Waals surface area contributed by atoms with E-state index in [9.17, 15) is 8.42 Å². The quantitative estimate of drug-likeness (QED) is 0.730. The van der Waals surface area contributed by atoms with Crippen LogP contribution in [0.15, 0.2) is 60.8 Å². The van der Waals surface area contributed by atoms with Crippen LogP contribution in [0.5, 0.6) is 0 Å². The molecule has 0 aliphatic carbocycles. The van der Waals surface area contributed by atoms with Crippen LogP contribution in [0.25, 0.3) is 10.9 Å². The number of aromatic amines is 1. The van der Waals surface area contributed by atoms with E-state index in [-0.39, 0.29) is 11.7 Å². The van der Waals surface area contributed by atoms with Gasteiger partial charge in [0.1, 0.15) is 0 Å². The molecule has 3 rings (SSSR count). The van der Waals surface area contributed by atoms with E-state index < -0.39 is 10.0 Å². The van der Waals surface area contributed by atoms with Crippen molar-refractivity contribution in [3.63, 3.8) is 0 Å². The molecule has 2 aromatic carbocycles. The molecule has 0 spiro atoms. The monoisotopic (exact) mass is 328 g/mol. The normalized spacial score (nSPS) is 13.3. The van der Waals surface area contributed by atoms with Gasteiger partial charge in [-0.2, -0.15) is 0 Å². The lowest BCUT2D eigenvalue weighted by molar-refractivity contribution is 0.579. The fraction of sp³-hybridized carbons (Fsp3) is 0.222. The lowest BCUT2D eigenvalue weighted by Crippen LogP contribution is -2.30. The lowest BCUT2D eigenvalue weighted by atomic mass is 9.91. The molecule has 0 fully saturated rings. The third-order valence-electron chi connectivity index (χ3n) is 4.09. The van der Waals surface area contributed by atoms with Gasteiger partial charge in [0.15, 0.2) is 0 Å². The zero-order chi connectivity index (χ0) is 16.3. The summed E-state index contributed by atoms with van der Waals surface area (Å²) < 4.78 is 26.4. The second-order valence-corrected chi connectivity index (χ2v) is 7.60. The van der Waals surface area contributed by atoms with Crippen LogP contribution in [-0.4, -0.2) is 25.7 Å².